The van der Waals surface area contributed by atoms with Crippen LogP contribution in [0, 0.1) is 5.82 Å². The number of likely N-dealkylation sites (N-methyl/N-ethyl adjacent to an activating group) is 1. The highest BCUT2D eigenvalue weighted by molar-refractivity contribution is 6.31. The van der Waals surface area contributed by atoms with E-state index in [0.29, 0.717) is 11.5 Å². The lowest BCUT2D eigenvalue weighted by molar-refractivity contribution is 0.312. The number of nitrogens with zero attached hydrogens (tertiary/aromatic N) is 4. The van der Waals surface area contributed by atoms with Gasteiger partial charge in [0.15, 0.2) is 0 Å². The van der Waals surface area contributed by atoms with Gasteiger partial charge in [0.25, 0.3) is 0 Å². The zero-order valence-electron chi connectivity index (χ0n) is 12.3. The maximum absolute atomic E-state index is 13.2. The highest BCUT2D eigenvalue weighted by atomic mass is 35.5. The minimum absolute atomic E-state index is 0.0818. The van der Waals surface area contributed by atoms with Crippen LogP contribution < -0.4 is 10.2 Å². The molecule has 1 aliphatic heterocycles. The highest BCUT2D eigenvalue weighted by Crippen LogP contribution is 2.23. The molecule has 1 aromatic carbocycles. The molecule has 1 aliphatic rings. The van der Waals surface area contributed by atoms with Crippen LogP contribution in [0.2, 0.25) is 5.02 Å². The van der Waals surface area contributed by atoms with Crippen LogP contribution in [0.15, 0.2) is 30.6 Å². The Morgan fingerprint density at radius 2 is 1.91 bits per heavy atom. The number of hydrogen-bond donors (Lipinski definition) is 1. The molecule has 0 spiro atoms. The zero-order valence-corrected chi connectivity index (χ0v) is 13.0. The van der Waals surface area contributed by atoms with Crippen molar-refractivity contribution in [2.75, 3.05) is 43.4 Å². The minimum Gasteiger partial charge on any atom is -0.354 e. The molecule has 0 unspecified atom stereocenters. The zero-order chi connectivity index (χ0) is 15.5. The first-order chi connectivity index (χ1) is 10.6. The van der Waals surface area contributed by atoms with Gasteiger partial charge < -0.3 is 15.1 Å². The highest BCUT2D eigenvalue weighted by Gasteiger charge is 2.15. The summed E-state index contributed by atoms with van der Waals surface area (Å²) < 4.78 is 13.2. The fraction of sp³-hybridized carbons (Fsp3) is 0.333. The van der Waals surface area contributed by atoms with Gasteiger partial charge in [-0.1, -0.05) is 11.6 Å². The van der Waals surface area contributed by atoms with Gasteiger partial charge in [-0.05, 0) is 25.2 Å². The van der Waals surface area contributed by atoms with Crippen molar-refractivity contribution in [3.05, 3.63) is 41.4 Å². The van der Waals surface area contributed by atoms with Gasteiger partial charge in [0, 0.05) is 37.9 Å². The molecule has 0 aliphatic carbocycles. The van der Waals surface area contributed by atoms with E-state index in [1.165, 1.54) is 18.5 Å². The summed E-state index contributed by atoms with van der Waals surface area (Å²) in [6, 6.07) is 6.38. The van der Waals surface area contributed by atoms with Crippen LogP contribution in [0.5, 0.6) is 0 Å². The minimum atomic E-state index is -0.437. The Bertz CT molecular complexity index is 658. The van der Waals surface area contributed by atoms with Gasteiger partial charge in [-0.15, -0.1) is 0 Å². The van der Waals surface area contributed by atoms with Crippen molar-refractivity contribution in [2.45, 2.75) is 0 Å². The molecule has 5 nitrogen and oxygen atoms in total. The molecule has 0 atom stereocenters. The molecule has 3 rings (SSSR count). The number of anilines is 3. The smallest absolute Gasteiger partial charge is 0.141 e. The molecule has 0 radical (unpaired) electrons. The van der Waals surface area contributed by atoms with E-state index in [9.17, 15) is 4.39 Å². The van der Waals surface area contributed by atoms with Crippen molar-refractivity contribution in [2.24, 2.45) is 0 Å². The second-order valence-electron chi connectivity index (χ2n) is 5.31. The number of aromatic nitrogens is 2. The molecule has 1 fully saturated rings. The van der Waals surface area contributed by atoms with Crippen molar-refractivity contribution >= 4 is 28.9 Å². The summed E-state index contributed by atoms with van der Waals surface area (Å²) >= 11 is 5.79. The summed E-state index contributed by atoms with van der Waals surface area (Å²) in [6.45, 7) is 3.91. The first kappa shape index (κ1) is 15.0. The number of halogens is 2. The van der Waals surface area contributed by atoms with E-state index in [2.05, 4.69) is 32.1 Å². The predicted octanol–water partition coefficient (Wildman–Crippen LogP) is 2.76. The summed E-state index contributed by atoms with van der Waals surface area (Å²) in [5.41, 5.74) is 0.689. The lowest BCUT2D eigenvalue weighted by Gasteiger charge is -2.33. The Kier molecular flexibility index (Phi) is 4.40. The Balaban J connectivity index is 1.74. The monoisotopic (exact) mass is 321 g/mol. The summed E-state index contributed by atoms with van der Waals surface area (Å²) in [4.78, 5) is 13.0. The van der Waals surface area contributed by atoms with Crippen LogP contribution in [-0.4, -0.2) is 48.1 Å². The van der Waals surface area contributed by atoms with E-state index in [1.54, 1.807) is 6.07 Å². The molecule has 1 aromatic heterocycles. The quantitative estimate of drug-likeness (QED) is 0.941. The standard InChI is InChI=1S/C15H17ClFN5/c1-21-4-6-22(7-5-21)15-9-14(18-10-19-15)20-11-2-3-13(17)12(16)8-11/h2-3,8-10H,4-7H2,1H3,(H,18,19,20). The molecular formula is C15H17ClFN5. The molecule has 22 heavy (non-hydrogen) atoms. The summed E-state index contributed by atoms with van der Waals surface area (Å²) in [7, 11) is 2.11. The Labute approximate surface area is 133 Å². The van der Waals surface area contributed by atoms with E-state index in [-0.39, 0.29) is 5.02 Å². The molecule has 1 N–H and O–H groups in total. The van der Waals surface area contributed by atoms with Gasteiger partial charge in [-0.3, -0.25) is 0 Å². The topological polar surface area (TPSA) is 44.3 Å². The second-order valence-corrected chi connectivity index (χ2v) is 5.71. The lowest BCUT2D eigenvalue weighted by Crippen LogP contribution is -2.44. The normalized spacial score (nSPS) is 15.9. The predicted molar refractivity (Wildman–Crippen MR) is 86.4 cm³/mol. The molecule has 2 heterocycles. The third-order valence-electron chi connectivity index (χ3n) is 3.67. The van der Waals surface area contributed by atoms with Gasteiger partial charge >= 0.3 is 0 Å². The molecule has 7 heteroatoms. The van der Waals surface area contributed by atoms with Crippen LogP contribution in [0.4, 0.5) is 21.7 Å². The first-order valence-electron chi connectivity index (χ1n) is 7.09. The molecule has 2 aromatic rings. The fourth-order valence-electron chi connectivity index (χ4n) is 2.35. The number of piperazine rings is 1. The van der Waals surface area contributed by atoms with Crippen LogP contribution in [0.25, 0.3) is 0 Å². The van der Waals surface area contributed by atoms with Gasteiger partial charge in [-0.2, -0.15) is 0 Å². The Morgan fingerprint density at radius 1 is 1.14 bits per heavy atom. The van der Waals surface area contributed by atoms with Gasteiger partial charge in [0.2, 0.25) is 0 Å². The van der Waals surface area contributed by atoms with E-state index < -0.39 is 5.82 Å². The van der Waals surface area contributed by atoms with Crippen molar-refractivity contribution in [1.29, 1.82) is 0 Å². The first-order valence-corrected chi connectivity index (χ1v) is 7.47. The van der Waals surface area contributed by atoms with Crippen molar-refractivity contribution in [3.63, 3.8) is 0 Å². The number of hydrogen-bond acceptors (Lipinski definition) is 5. The largest absolute Gasteiger partial charge is 0.354 e. The molecule has 116 valence electrons. The second kappa shape index (κ2) is 6.46. The van der Waals surface area contributed by atoms with Crippen molar-refractivity contribution < 1.29 is 4.39 Å². The average Bonchev–Trinajstić information content (AvgIpc) is 2.52. The van der Waals surface area contributed by atoms with Crippen LogP contribution in [0.1, 0.15) is 0 Å². The molecular weight excluding hydrogens is 305 g/mol. The third kappa shape index (κ3) is 3.45. The summed E-state index contributed by atoms with van der Waals surface area (Å²) in [6.07, 6.45) is 1.53. The van der Waals surface area contributed by atoms with Gasteiger partial charge in [0.05, 0.1) is 5.02 Å². The molecule has 0 saturated carbocycles. The maximum Gasteiger partial charge on any atom is 0.141 e. The van der Waals surface area contributed by atoms with Gasteiger partial charge in [-0.25, -0.2) is 14.4 Å². The van der Waals surface area contributed by atoms with E-state index in [4.69, 9.17) is 11.6 Å². The molecule has 0 bridgehead atoms. The summed E-state index contributed by atoms with van der Waals surface area (Å²) in [5, 5.41) is 3.20. The number of benzene rings is 1. The van der Waals surface area contributed by atoms with Crippen LogP contribution >= 0.6 is 11.6 Å². The number of rotatable bonds is 3. The summed E-state index contributed by atoms with van der Waals surface area (Å²) in [5.74, 6) is 1.11. The molecule has 0 amide bonds. The third-order valence-corrected chi connectivity index (χ3v) is 3.96. The average molecular weight is 322 g/mol. The van der Waals surface area contributed by atoms with Crippen molar-refractivity contribution in [1.82, 2.24) is 14.9 Å². The number of nitrogens with one attached hydrogen (secondary N) is 1. The fourth-order valence-corrected chi connectivity index (χ4v) is 2.53. The van der Waals surface area contributed by atoms with E-state index >= 15 is 0 Å². The SMILES string of the molecule is CN1CCN(c2cc(Nc3ccc(F)c(Cl)c3)ncn2)CC1. The maximum atomic E-state index is 13.2. The molecule has 1 saturated heterocycles. The van der Waals surface area contributed by atoms with Gasteiger partial charge in [0.1, 0.15) is 23.8 Å². The Morgan fingerprint density at radius 3 is 2.64 bits per heavy atom. The van der Waals surface area contributed by atoms with Crippen LogP contribution in [-0.2, 0) is 0 Å². The lowest BCUT2D eigenvalue weighted by atomic mass is 10.3. The Hall–Kier alpha value is -1.92. The van der Waals surface area contributed by atoms with Crippen LogP contribution in [0.3, 0.4) is 0 Å². The van der Waals surface area contributed by atoms with E-state index in [0.717, 1.165) is 32.0 Å². The van der Waals surface area contributed by atoms with Crippen molar-refractivity contribution in [3.8, 4) is 0 Å². The van der Waals surface area contributed by atoms with E-state index in [1.807, 2.05) is 6.07 Å².